The molecule has 4 heteroatoms. The minimum atomic E-state index is 0.0963. The number of hydrogen-bond acceptors (Lipinski definition) is 2. The lowest BCUT2D eigenvalue weighted by atomic mass is 9.95. The molecule has 2 aliphatic rings. The van der Waals surface area contributed by atoms with Crippen molar-refractivity contribution in [1.29, 1.82) is 0 Å². The first kappa shape index (κ1) is 14.8. The molecule has 0 bridgehead atoms. The van der Waals surface area contributed by atoms with Gasteiger partial charge in [0, 0.05) is 29.4 Å². The van der Waals surface area contributed by atoms with Gasteiger partial charge in [-0.05, 0) is 43.4 Å². The van der Waals surface area contributed by atoms with Crippen molar-refractivity contribution in [1.82, 2.24) is 4.90 Å². The van der Waals surface area contributed by atoms with Crippen molar-refractivity contribution < 1.29 is 9.59 Å². The number of hydrogen-bond donors (Lipinski definition) is 0. The summed E-state index contributed by atoms with van der Waals surface area (Å²) in [7, 11) is 0. The first-order valence-corrected chi connectivity index (χ1v) is 8.51. The number of amides is 1. The SMILES string of the molecule is O=C1CCCC1C1CCCN1C(=O)Cc1cccc(Br)c1. The van der Waals surface area contributed by atoms with E-state index in [1.807, 2.05) is 29.2 Å². The number of nitrogens with zero attached hydrogens (tertiary/aromatic N) is 1. The summed E-state index contributed by atoms with van der Waals surface area (Å²) < 4.78 is 0.997. The Balaban J connectivity index is 1.70. The molecule has 0 radical (unpaired) electrons. The van der Waals surface area contributed by atoms with E-state index in [2.05, 4.69) is 15.9 Å². The van der Waals surface area contributed by atoms with Crippen LogP contribution in [-0.2, 0) is 16.0 Å². The molecule has 0 aromatic heterocycles. The van der Waals surface area contributed by atoms with E-state index in [0.29, 0.717) is 18.6 Å². The number of carbonyl (C=O) groups is 2. The van der Waals surface area contributed by atoms with Crippen molar-refractivity contribution in [2.24, 2.45) is 5.92 Å². The maximum atomic E-state index is 12.6. The Kier molecular flexibility index (Phi) is 4.43. The van der Waals surface area contributed by atoms with Crippen LogP contribution in [0.1, 0.15) is 37.7 Å². The van der Waals surface area contributed by atoms with Crippen LogP contribution in [-0.4, -0.2) is 29.2 Å². The Morgan fingerprint density at radius 1 is 1.29 bits per heavy atom. The Labute approximate surface area is 133 Å². The molecule has 1 aliphatic heterocycles. The van der Waals surface area contributed by atoms with Gasteiger partial charge in [-0.2, -0.15) is 0 Å². The van der Waals surface area contributed by atoms with Gasteiger partial charge in [-0.1, -0.05) is 28.1 Å². The molecule has 2 atom stereocenters. The first-order valence-electron chi connectivity index (χ1n) is 7.72. The van der Waals surface area contributed by atoms with Crippen LogP contribution < -0.4 is 0 Å². The van der Waals surface area contributed by atoms with Crippen molar-refractivity contribution in [3.8, 4) is 0 Å². The maximum Gasteiger partial charge on any atom is 0.227 e. The molecular formula is C17H20BrNO2. The minimum Gasteiger partial charge on any atom is -0.339 e. The smallest absolute Gasteiger partial charge is 0.227 e. The van der Waals surface area contributed by atoms with Gasteiger partial charge in [0.2, 0.25) is 5.91 Å². The van der Waals surface area contributed by atoms with E-state index in [4.69, 9.17) is 0 Å². The maximum absolute atomic E-state index is 12.6. The average Bonchev–Trinajstić information content (AvgIpc) is 3.06. The van der Waals surface area contributed by atoms with Gasteiger partial charge >= 0.3 is 0 Å². The van der Waals surface area contributed by atoms with E-state index in [-0.39, 0.29) is 17.9 Å². The summed E-state index contributed by atoms with van der Waals surface area (Å²) in [4.78, 5) is 26.6. The lowest BCUT2D eigenvalue weighted by molar-refractivity contribution is -0.133. The van der Waals surface area contributed by atoms with Gasteiger partial charge in [-0.3, -0.25) is 9.59 Å². The number of rotatable bonds is 3. The number of carbonyl (C=O) groups excluding carboxylic acids is 2. The lowest BCUT2D eigenvalue weighted by Gasteiger charge is -2.28. The second kappa shape index (κ2) is 6.30. The van der Waals surface area contributed by atoms with Crippen molar-refractivity contribution in [3.63, 3.8) is 0 Å². The molecule has 0 spiro atoms. The molecule has 0 N–H and O–H groups in total. The van der Waals surface area contributed by atoms with Gasteiger partial charge in [-0.25, -0.2) is 0 Å². The van der Waals surface area contributed by atoms with Gasteiger partial charge in [-0.15, -0.1) is 0 Å². The third kappa shape index (κ3) is 3.20. The molecule has 1 aliphatic carbocycles. The molecular weight excluding hydrogens is 330 g/mol. The average molecular weight is 350 g/mol. The highest BCUT2D eigenvalue weighted by Gasteiger charge is 2.39. The van der Waals surface area contributed by atoms with Crippen molar-refractivity contribution in [3.05, 3.63) is 34.3 Å². The summed E-state index contributed by atoms with van der Waals surface area (Å²) >= 11 is 3.44. The summed E-state index contributed by atoms with van der Waals surface area (Å²) in [5.41, 5.74) is 1.03. The van der Waals surface area contributed by atoms with Crippen molar-refractivity contribution >= 4 is 27.6 Å². The quantitative estimate of drug-likeness (QED) is 0.838. The number of ketones is 1. The summed E-state index contributed by atoms with van der Waals surface area (Å²) in [6, 6.07) is 8.04. The highest BCUT2D eigenvalue weighted by Crippen LogP contribution is 2.33. The molecule has 1 aromatic rings. The molecule has 112 valence electrons. The molecule has 1 aromatic carbocycles. The van der Waals surface area contributed by atoms with Crippen LogP contribution in [0.4, 0.5) is 0 Å². The molecule has 1 saturated carbocycles. The molecule has 2 fully saturated rings. The largest absolute Gasteiger partial charge is 0.339 e. The lowest BCUT2D eigenvalue weighted by Crippen LogP contribution is -2.42. The first-order chi connectivity index (χ1) is 10.1. The summed E-state index contributed by atoms with van der Waals surface area (Å²) in [5.74, 6) is 0.622. The molecule has 21 heavy (non-hydrogen) atoms. The predicted molar refractivity (Wildman–Crippen MR) is 84.9 cm³/mol. The van der Waals surface area contributed by atoms with E-state index < -0.39 is 0 Å². The van der Waals surface area contributed by atoms with E-state index >= 15 is 0 Å². The zero-order chi connectivity index (χ0) is 14.8. The Morgan fingerprint density at radius 3 is 2.86 bits per heavy atom. The number of benzene rings is 1. The van der Waals surface area contributed by atoms with Gasteiger partial charge in [0.15, 0.2) is 0 Å². The zero-order valence-corrected chi connectivity index (χ0v) is 13.6. The Hall–Kier alpha value is -1.16. The topological polar surface area (TPSA) is 37.4 Å². The van der Waals surface area contributed by atoms with Gasteiger partial charge in [0.25, 0.3) is 0 Å². The normalized spacial score (nSPS) is 25.6. The van der Waals surface area contributed by atoms with E-state index in [1.54, 1.807) is 0 Å². The molecule has 1 amide bonds. The van der Waals surface area contributed by atoms with Crippen molar-refractivity contribution in [2.45, 2.75) is 44.6 Å². The Bertz CT molecular complexity index is 557. The highest BCUT2D eigenvalue weighted by molar-refractivity contribution is 9.10. The van der Waals surface area contributed by atoms with E-state index in [1.165, 1.54) is 0 Å². The van der Waals surface area contributed by atoms with Crippen LogP contribution in [0.2, 0.25) is 0 Å². The molecule has 2 unspecified atom stereocenters. The number of likely N-dealkylation sites (tertiary alicyclic amines) is 1. The molecule has 3 nitrogen and oxygen atoms in total. The summed E-state index contributed by atoms with van der Waals surface area (Å²) in [6.07, 6.45) is 5.10. The van der Waals surface area contributed by atoms with Crippen LogP contribution in [0.5, 0.6) is 0 Å². The molecule has 3 rings (SSSR count). The second-order valence-corrected chi connectivity index (χ2v) is 6.98. The fourth-order valence-electron chi connectivity index (χ4n) is 3.69. The third-order valence-corrected chi connectivity index (χ3v) is 5.17. The standard InChI is InChI=1S/C17H20BrNO2/c18-13-5-1-4-12(10-13)11-17(21)19-9-3-7-15(19)14-6-2-8-16(14)20/h1,4-5,10,14-15H,2-3,6-9,11H2. The summed E-state index contributed by atoms with van der Waals surface area (Å²) in [5, 5.41) is 0. The van der Waals surface area contributed by atoms with Crippen LogP contribution in [0, 0.1) is 5.92 Å². The third-order valence-electron chi connectivity index (χ3n) is 4.68. The fourth-order valence-corrected chi connectivity index (χ4v) is 4.14. The van der Waals surface area contributed by atoms with E-state index in [0.717, 1.165) is 42.3 Å². The van der Waals surface area contributed by atoms with Crippen LogP contribution in [0.3, 0.4) is 0 Å². The van der Waals surface area contributed by atoms with E-state index in [9.17, 15) is 9.59 Å². The summed E-state index contributed by atoms with van der Waals surface area (Å²) in [6.45, 7) is 0.807. The molecule has 1 heterocycles. The predicted octanol–water partition coefficient (Wildman–Crippen LogP) is 3.35. The Morgan fingerprint density at radius 2 is 2.14 bits per heavy atom. The molecule has 1 saturated heterocycles. The van der Waals surface area contributed by atoms with Crippen LogP contribution >= 0.6 is 15.9 Å². The van der Waals surface area contributed by atoms with Gasteiger partial charge < -0.3 is 4.90 Å². The number of Topliss-reactive ketones (excluding diaryl/α,β-unsaturated/α-hetero) is 1. The second-order valence-electron chi connectivity index (χ2n) is 6.07. The zero-order valence-electron chi connectivity index (χ0n) is 12.1. The fraction of sp³-hybridized carbons (Fsp3) is 0.529. The number of halogens is 1. The van der Waals surface area contributed by atoms with Crippen molar-refractivity contribution in [2.75, 3.05) is 6.54 Å². The van der Waals surface area contributed by atoms with Gasteiger partial charge in [0.05, 0.1) is 6.42 Å². The monoisotopic (exact) mass is 349 g/mol. The van der Waals surface area contributed by atoms with Crippen LogP contribution in [0.25, 0.3) is 0 Å². The van der Waals surface area contributed by atoms with Crippen LogP contribution in [0.15, 0.2) is 28.7 Å². The van der Waals surface area contributed by atoms with Gasteiger partial charge in [0.1, 0.15) is 5.78 Å². The minimum absolute atomic E-state index is 0.0963. The highest BCUT2D eigenvalue weighted by atomic mass is 79.9.